The van der Waals surface area contributed by atoms with E-state index in [9.17, 15) is 8.78 Å². The Labute approximate surface area is 318 Å². The van der Waals surface area contributed by atoms with Crippen LogP contribution in [0.25, 0.3) is 87.6 Å². The highest BCUT2D eigenvalue weighted by Gasteiger charge is 2.19. The summed E-state index contributed by atoms with van der Waals surface area (Å²) >= 11 is 3.27. The van der Waals surface area contributed by atoms with Gasteiger partial charge in [0.05, 0.1) is 37.0 Å². The molecule has 0 atom stereocenters. The van der Waals surface area contributed by atoms with Crippen molar-refractivity contribution in [3.05, 3.63) is 156 Å². The van der Waals surface area contributed by atoms with Gasteiger partial charge in [0, 0.05) is 41.1 Å². The van der Waals surface area contributed by atoms with Crippen LogP contribution < -0.4 is 9.47 Å². The summed E-state index contributed by atoms with van der Waals surface area (Å²) in [6.45, 7) is 0. The van der Waals surface area contributed by atoms with Crippen LogP contribution in [0, 0.1) is 11.6 Å². The predicted octanol–water partition coefficient (Wildman–Crippen LogP) is 13.1. The van der Waals surface area contributed by atoms with Gasteiger partial charge in [-0.15, -0.1) is 22.7 Å². The average Bonchev–Trinajstić information content (AvgIpc) is 4.05. The molecule has 5 heterocycles. The quantitative estimate of drug-likeness (QED) is 0.170. The van der Waals surface area contributed by atoms with Gasteiger partial charge in [0.15, 0.2) is 0 Å². The van der Waals surface area contributed by atoms with E-state index < -0.39 is 0 Å². The van der Waals surface area contributed by atoms with E-state index in [1.54, 1.807) is 61.2 Å². The van der Waals surface area contributed by atoms with E-state index in [2.05, 4.69) is 60.7 Å². The van der Waals surface area contributed by atoms with Crippen LogP contribution in [0.4, 0.5) is 8.78 Å². The smallest absolute Gasteiger partial charge is 0.123 e. The molecule has 4 aromatic carbocycles. The van der Waals surface area contributed by atoms with Gasteiger partial charge in [-0.25, -0.2) is 18.7 Å². The third kappa shape index (κ3) is 6.19. The number of methoxy groups -OCH3 is 2. The number of benzene rings is 4. The molecule has 0 N–H and O–H groups in total. The van der Waals surface area contributed by atoms with Crippen LogP contribution in [0.2, 0.25) is 0 Å². The van der Waals surface area contributed by atoms with Crippen molar-refractivity contribution in [2.45, 2.75) is 0 Å². The second kappa shape index (κ2) is 14.0. The number of hydrogen-bond donors (Lipinski definition) is 0. The molecular weight excluding hydrogens is 715 g/mol. The van der Waals surface area contributed by atoms with Crippen LogP contribution in [0.3, 0.4) is 0 Å². The van der Waals surface area contributed by atoms with Crippen molar-refractivity contribution < 1.29 is 18.3 Å². The molecule has 0 radical (unpaired) electrons. The van der Waals surface area contributed by atoms with Gasteiger partial charge < -0.3 is 9.47 Å². The van der Waals surface area contributed by atoms with Crippen LogP contribution in [-0.2, 0) is 0 Å². The van der Waals surface area contributed by atoms with Gasteiger partial charge in [0.1, 0.15) is 23.1 Å². The second-order valence-corrected chi connectivity index (χ2v) is 14.9. The first kappa shape index (κ1) is 33.6. The number of rotatable bonds is 6. The first-order valence-electron chi connectivity index (χ1n) is 17.2. The number of aromatic nitrogens is 2. The van der Waals surface area contributed by atoms with Gasteiger partial charge in [-0.2, -0.15) is 0 Å². The molecule has 7 aromatic rings. The third-order valence-electron chi connectivity index (χ3n) is 9.53. The Kier molecular flexibility index (Phi) is 8.69. The van der Waals surface area contributed by atoms with Gasteiger partial charge in [-0.3, -0.25) is 0 Å². The Hall–Kier alpha value is -6.22. The van der Waals surface area contributed by atoms with E-state index in [4.69, 9.17) is 19.4 Å². The van der Waals surface area contributed by atoms with Crippen molar-refractivity contribution in [1.82, 2.24) is 9.97 Å². The van der Waals surface area contributed by atoms with Crippen molar-refractivity contribution in [2.75, 3.05) is 14.2 Å². The maximum atomic E-state index is 14.3. The molecule has 0 amide bonds. The number of hydrogen-bond acceptors (Lipinski definition) is 6. The van der Waals surface area contributed by atoms with Crippen molar-refractivity contribution in [3.63, 3.8) is 0 Å². The summed E-state index contributed by atoms with van der Waals surface area (Å²) in [6.07, 6.45) is 8.18. The minimum atomic E-state index is -0.310. The fourth-order valence-electron chi connectivity index (χ4n) is 6.91. The van der Waals surface area contributed by atoms with Gasteiger partial charge in [-0.05, 0) is 119 Å². The number of fused-ring (bicyclic) bond motifs is 8. The van der Waals surface area contributed by atoms with Crippen molar-refractivity contribution in [2.24, 2.45) is 0 Å². The molecule has 4 nitrogen and oxygen atoms in total. The first-order valence-corrected chi connectivity index (χ1v) is 18.9. The molecule has 0 saturated heterocycles. The minimum absolute atomic E-state index is 0.310. The Balaban J connectivity index is 1.45. The van der Waals surface area contributed by atoms with Crippen LogP contribution in [0.15, 0.2) is 121 Å². The van der Waals surface area contributed by atoms with Crippen LogP contribution in [-0.4, -0.2) is 24.2 Å². The molecular formula is C46H30F2N2O2S2. The Bertz CT molecular complexity index is 2600. The fraction of sp³-hybridized carbons (Fsp3) is 0.0435. The lowest BCUT2D eigenvalue weighted by Gasteiger charge is -2.07. The minimum Gasteiger partial charge on any atom is -0.497 e. The van der Waals surface area contributed by atoms with Gasteiger partial charge >= 0.3 is 0 Å². The molecule has 2 aliphatic rings. The van der Waals surface area contributed by atoms with Crippen molar-refractivity contribution >= 4 is 65.8 Å². The zero-order chi connectivity index (χ0) is 36.8. The SMILES string of the molecule is COc1ccc(-c2c3nc(c(-c4ccc(F)cc4)c4ccc(s4)c(-c4ccc(F)cc4)c4nc(c(-c5ccc(OC)cc5)c5ccc2s5)C=C4)C=C3)cc1. The Morgan fingerprint density at radius 2 is 0.630 bits per heavy atom. The van der Waals surface area contributed by atoms with Gasteiger partial charge in [0.2, 0.25) is 0 Å². The summed E-state index contributed by atoms with van der Waals surface area (Å²) < 4.78 is 43.5. The molecule has 0 saturated carbocycles. The largest absolute Gasteiger partial charge is 0.497 e. The predicted molar refractivity (Wildman–Crippen MR) is 221 cm³/mol. The second-order valence-electron chi connectivity index (χ2n) is 12.7. The molecule has 2 aliphatic heterocycles. The molecule has 9 rings (SSSR count). The molecule has 262 valence electrons. The Morgan fingerprint density at radius 3 is 0.889 bits per heavy atom. The van der Waals surface area contributed by atoms with E-state index in [-0.39, 0.29) is 11.6 Å². The highest BCUT2D eigenvalue weighted by molar-refractivity contribution is 7.24. The van der Waals surface area contributed by atoms with E-state index >= 15 is 0 Å². The standard InChI is InChI=1S/C46H30F2N2O2S2/c1-51-33-15-7-29(8-16-33)45-37-21-19-35(49-37)43(27-3-11-31(47)12-4-27)39-23-24-40(53-39)44(28-5-13-32(48)14-6-28)36-20-22-38(50-36)46(42-26-25-41(45)54-42)30-9-17-34(52-2)18-10-30/h3-26H,1-2H3. The molecule has 3 aromatic heterocycles. The number of ether oxygens (including phenoxy) is 2. The lowest BCUT2D eigenvalue weighted by Crippen LogP contribution is -1.88. The van der Waals surface area contributed by atoms with E-state index in [0.29, 0.717) is 0 Å². The topological polar surface area (TPSA) is 44.2 Å². The summed E-state index contributed by atoms with van der Waals surface area (Å²) in [5, 5.41) is 0. The molecule has 0 unspecified atom stereocenters. The number of thiophene rings is 2. The lowest BCUT2D eigenvalue weighted by molar-refractivity contribution is 0.415. The van der Waals surface area contributed by atoms with Gasteiger partial charge in [-0.1, -0.05) is 48.5 Å². The maximum absolute atomic E-state index is 14.3. The van der Waals surface area contributed by atoms with Crippen molar-refractivity contribution in [3.8, 4) is 56.0 Å². The van der Waals surface area contributed by atoms with Crippen molar-refractivity contribution in [1.29, 1.82) is 0 Å². The highest BCUT2D eigenvalue weighted by atomic mass is 32.1. The highest BCUT2D eigenvalue weighted by Crippen LogP contribution is 2.43. The summed E-state index contributed by atoms with van der Waals surface area (Å²) in [4.78, 5) is 10.6. The molecule has 0 spiro atoms. The zero-order valence-corrected chi connectivity index (χ0v) is 30.8. The number of nitrogens with zero attached hydrogens (tertiary/aromatic N) is 2. The summed E-state index contributed by atoms with van der Waals surface area (Å²) in [6, 6.07) is 37.6. The Morgan fingerprint density at radius 1 is 0.370 bits per heavy atom. The summed E-state index contributed by atoms with van der Waals surface area (Å²) in [7, 11) is 3.32. The summed E-state index contributed by atoms with van der Waals surface area (Å²) in [5.74, 6) is 0.909. The lowest BCUT2D eigenvalue weighted by atomic mass is 10.0. The molecule has 8 heteroatoms. The fourth-order valence-corrected chi connectivity index (χ4v) is 9.22. The van der Waals surface area contributed by atoms with Crippen LogP contribution >= 0.6 is 22.7 Å². The molecule has 8 bridgehead atoms. The molecule has 0 aliphatic carbocycles. The molecule has 54 heavy (non-hydrogen) atoms. The van der Waals surface area contributed by atoms with E-state index in [1.807, 2.05) is 36.4 Å². The normalized spacial score (nSPS) is 11.9. The van der Waals surface area contributed by atoms with Crippen LogP contribution in [0.1, 0.15) is 22.8 Å². The number of halogens is 2. The van der Waals surface area contributed by atoms with Crippen LogP contribution in [0.5, 0.6) is 11.5 Å². The first-order chi connectivity index (χ1) is 26.4. The van der Waals surface area contributed by atoms with E-state index in [0.717, 1.165) is 97.6 Å². The molecule has 0 fully saturated rings. The zero-order valence-electron chi connectivity index (χ0n) is 29.1. The average molecular weight is 745 g/mol. The van der Waals surface area contributed by atoms with E-state index in [1.165, 1.54) is 24.3 Å². The monoisotopic (exact) mass is 744 g/mol. The van der Waals surface area contributed by atoms with Gasteiger partial charge in [0.25, 0.3) is 0 Å². The maximum Gasteiger partial charge on any atom is 0.123 e. The third-order valence-corrected chi connectivity index (χ3v) is 11.8. The summed E-state index contributed by atoms with van der Waals surface area (Å²) in [5.41, 5.74) is 10.6.